The second-order valence-corrected chi connectivity index (χ2v) is 4.74. The third-order valence-corrected chi connectivity index (χ3v) is 3.11. The summed E-state index contributed by atoms with van der Waals surface area (Å²) in [5.74, 6) is -2.63. The maximum atomic E-state index is 13.8. The van der Waals surface area contributed by atoms with E-state index in [4.69, 9.17) is 5.11 Å². The molecule has 2 aromatic rings. The zero-order valence-corrected chi connectivity index (χ0v) is 11.6. The van der Waals surface area contributed by atoms with Crippen molar-refractivity contribution in [3.05, 3.63) is 64.5 Å². The van der Waals surface area contributed by atoms with Gasteiger partial charge in [-0.25, -0.2) is 9.18 Å². The van der Waals surface area contributed by atoms with Crippen LogP contribution < -0.4 is 5.32 Å². The minimum absolute atomic E-state index is 0.284. The number of amides is 1. The number of hydrogen-bond donors (Lipinski definition) is 2. The van der Waals surface area contributed by atoms with Gasteiger partial charge in [0.05, 0.1) is 11.3 Å². The first-order valence-electron chi connectivity index (χ1n) is 6.30. The Hall–Kier alpha value is -2.69. The number of para-hydroxylation sites is 1. The van der Waals surface area contributed by atoms with E-state index in [2.05, 4.69) is 5.32 Å². The molecule has 0 unspecified atom stereocenters. The quantitative estimate of drug-likeness (QED) is 0.909. The average molecular weight is 287 g/mol. The topological polar surface area (TPSA) is 66.4 Å². The number of carbonyl (C=O) groups excluding carboxylic acids is 1. The molecular weight excluding hydrogens is 273 g/mol. The molecule has 2 N–H and O–H groups in total. The molecule has 0 spiro atoms. The summed E-state index contributed by atoms with van der Waals surface area (Å²) >= 11 is 0. The van der Waals surface area contributed by atoms with Gasteiger partial charge in [0, 0.05) is 5.56 Å². The zero-order valence-electron chi connectivity index (χ0n) is 11.6. The molecule has 0 aliphatic carbocycles. The predicted molar refractivity (Wildman–Crippen MR) is 77.2 cm³/mol. The first kappa shape index (κ1) is 14.7. The first-order valence-corrected chi connectivity index (χ1v) is 6.30. The van der Waals surface area contributed by atoms with E-state index in [-0.39, 0.29) is 11.3 Å². The zero-order chi connectivity index (χ0) is 15.6. The summed E-state index contributed by atoms with van der Waals surface area (Å²) in [5, 5.41) is 11.4. The second kappa shape index (κ2) is 5.75. The Labute approximate surface area is 121 Å². The van der Waals surface area contributed by atoms with Gasteiger partial charge in [-0.2, -0.15) is 0 Å². The molecule has 0 saturated heterocycles. The number of carbonyl (C=O) groups is 2. The summed E-state index contributed by atoms with van der Waals surface area (Å²) in [6, 6.07) is 8.84. The number of halogens is 1. The minimum Gasteiger partial charge on any atom is -0.478 e. The van der Waals surface area contributed by atoms with Gasteiger partial charge in [-0.05, 0) is 37.6 Å². The van der Waals surface area contributed by atoms with Gasteiger partial charge in [-0.3, -0.25) is 4.79 Å². The molecule has 21 heavy (non-hydrogen) atoms. The molecule has 0 aliphatic rings. The van der Waals surface area contributed by atoms with Crippen molar-refractivity contribution in [1.29, 1.82) is 0 Å². The van der Waals surface area contributed by atoms with E-state index in [1.807, 2.05) is 13.0 Å². The molecule has 1 amide bonds. The lowest BCUT2D eigenvalue weighted by molar-refractivity contribution is 0.0697. The third kappa shape index (κ3) is 3.08. The maximum Gasteiger partial charge on any atom is 0.337 e. The van der Waals surface area contributed by atoms with Gasteiger partial charge in [0.1, 0.15) is 5.82 Å². The highest BCUT2D eigenvalue weighted by Gasteiger charge is 2.18. The van der Waals surface area contributed by atoms with Crippen LogP contribution in [0.5, 0.6) is 0 Å². The van der Waals surface area contributed by atoms with Crippen LogP contribution in [-0.4, -0.2) is 17.0 Å². The van der Waals surface area contributed by atoms with Crippen LogP contribution in [0.1, 0.15) is 31.8 Å². The highest BCUT2D eigenvalue weighted by Crippen LogP contribution is 2.21. The van der Waals surface area contributed by atoms with E-state index in [1.54, 1.807) is 19.1 Å². The Kier molecular flexibility index (Phi) is 4.03. The molecule has 2 aromatic carbocycles. The van der Waals surface area contributed by atoms with Crippen LogP contribution in [0.2, 0.25) is 0 Å². The van der Waals surface area contributed by atoms with Crippen LogP contribution >= 0.6 is 0 Å². The predicted octanol–water partition coefficient (Wildman–Crippen LogP) is 3.39. The second-order valence-electron chi connectivity index (χ2n) is 4.74. The standard InChI is InChI=1S/C16H14FNO3/c1-9-6-7-11(10(2)8-9)15(19)18-14-12(16(20)21)4-3-5-13(14)17/h3-8H,1-2H3,(H,18,19)(H,20,21). The van der Waals surface area contributed by atoms with Crippen LogP contribution in [0.4, 0.5) is 10.1 Å². The third-order valence-electron chi connectivity index (χ3n) is 3.11. The van der Waals surface area contributed by atoms with E-state index in [9.17, 15) is 14.0 Å². The van der Waals surface area contributed by atoms with Crippen molar-refractivity contribution in [2.45, 2.75) is 13.8 Å². The Morgan fingerprint density at radius 3 is 2.43 bits per heavy atom. The Morgan fingerprint density at radius 2 is 1.81 bits per heavy atom. The number of carboxylic acids is 1. The van der Waals surface area contributed by atoms with E-state index in [0.29, 0.717) is 5.56 Å². The van der Waals surface area contributed by atoms with E-state index >= 15 is 0 Å². The molecule has 0 saturated carbocycles. The normalized spacial score (nSPS) is 10.2. The number of rotatable bonds is 3. The van der Waals surface area contributed by atoms with Gasteiger partial charge in [0.15, 0.2) is 0 Å². The lowest BCUT2D eigenvalue weighted by atomic mass is 10.0. The smallest absolute Gasteiger partial charge is 0.337 e. The largest absolute Gasteiger partial charge is 0.478 e. The van der Waals surface area contributed by atoms with Crippen molar-refractivity contribution in [3.8, 4) is 0 Å². The van der Waals surface area contributed by atoms with E-state index in [0.717, 1.165) is 17.2 Å². The molecule has 108 valence electrons. The van der Waals surface area contributed by atoms with Crippen molar-refractivity contribution < 1.29 is 19.1 Å². The summed E-state index contributed by atoms with van der Waals surface area (Å²) < 4.78 is 13.8. The van der Waals surface area contributed by atoms with Crippen LogP contribution in [-0.2, 0) is 0 Å². The number of anilines is 1. The summed E-state index contributed by atoms with van der Waals surface area (Å²) in [6.45, 7) is 3.66. The molecule has 0 aliphatic heterocycles. The number of aryl methyl sites for hydroxylation is 2. The number of carboxylic acid groups (broad SMARTS) is 1. The van der Waals surface area contributed by atoms with Crippen LogP contribution in [0, 0.1) is 19.7 Å². The molecule has 5 heteroatoms. The number of benzene rings is 2. The Bertz CT molecular complexity index is 725. The lowest BCUT2D eigenvalue weighted by Crippen LogP contribution is -2.17. The van der Waals surface area contributed by atoms with Gasteiger partial charge < -0.3 is 10.4 Å². The van der Waals surface area contributed by atoms with Gasteiger partial charge in [0.2, 0.25) is 0 Å². The van der Waals surface area contributed by atoms with Crippen molar-refractivity contribution in [2.75, 3.05) is 5.32 Å². The Balaban J connectivity index is 2.38. The molecule has 0 fully saturated rings. The Morgan fingerprint density at radius 1 is 1.10 bits per heavy atom. The highest BCUT2D eigenvalue weighted by molar-refractivity contribution is 6.08. The van der Waals surface area contributed by atoms with Crippen molar-refractivity contribution >= 4 is 17.6 Å². The fourth-order valence-electron chi connectivity index (χ4n) is 2.08. The van der Waals surface area contributed by atoms with Crippen molar-refractivity contribution in [3.63, 3.8) is 0 Å². The van der Waals surface area contributed by atoms with Crippen molar-refractivity contribution in [2.24, 2.45) is 0 Å². The molecular formula is C16H14FNO3. The first-order chi connectivity index (χ1) is 9.90. The SMILES string of the molecule is Cc1ccc(C(=O)Nc2c(F)cccc2C(=O)O)c(C)c1. The summed E-state index contributed by atoms with van der Waals surface area (Å²) in [6.07, 6.45) is 0. The molecule has 0 aromatic heterocycles. The van der Waals surface area contributed by atoms with E-state index in [1.165, 1.54) is 12.1 Å². The fourth-order valence-corrected chi connectivity index (χ4v) is 2.08. The average Bonchev–Trinajstić information content (AvgIpc) is 2.40. The number of hydrogen-bond acceptors (Lipinski definition) is 2. The van der Waals surface area contributed by atoms with Gasteiger partial charge in [0.25, 0.3) is 5.91 Å². The summed E-state index contributed by atoms with van der Waals surface area (Å²) in [5.41, 5.74) is 1.50. The van der Waals surface area contributed by atoms with Gasteiger partial charge >= 0.3 is 5.97 Å². The molecule has 2 rings (SSSR count). The molecule has 0 radical (unpaired) electrons. The van der Waals surface area contributed by atoms with Crippen LogP contribution in [0.15, 0.2) is 36.4 Å². The fraction of sp³-hybridized carbons (Fsp3) is 0.125. The van der Waals surface area contributed by atoms with E-state index < -0.39 is 17.7 Å². The number of aromatic carboxylic acids is 1. The highest BCUT2D eigenvalue weighted by atomic mass is 19.1. The van der Waals surface area contributed by atoms with Crippen molar-refractivity contribution in [1.82, 2.24) is 0 Å². The summed E-state index contributed by atoms with van der Waals surface area (Å²) in [4.78, 5) is 23.3. The van der Waals surface area contributed by atoms with Crippen LogP contribution in [0.25, 0.3) is 0 Å². The minimum atomic E-state index is -1.30. The molecule has 0 heterocycles. The maximum absolute atomic E-state index is 13.8. The van der Waals surface area contributed by atoms with Crippen LogP contribution in [0.3, 0.4) is 0 Å². The number of nitrogens with one attached hydrogen (secondary N) is 1. The van der Waals surface area contributed by atoms with Gasteiger partial charge in [-0.15, -0.1) is 0 Å². The molecule has 0 atom stereocenters. The molecule has 4 nitrogen and oxygen atoms in total. The summed E-state index contributed by atoms with van der Waals surface area (Å²) in [7, 11) is 0. The lowest BCUT2D eigenvalue weighted by Gasteiger charge is -2.11. The van der Waals surface area contributed by atoms with Gasteiger partial charge in [-0.1, -0.05) is 23.8 Å². The molecule has 0 bridgehead atoms. The monoisotopic (exact) mass is 287 g/mol.